The van der Waals surface area contributed by atoms with Gasteiger partial charge in [-0.3, -0.25) is 9.69 Å². The summed E-state index contributed by atoms with van der Waals surface area (Å²) in [5, 5.41) is 0. The molecule has 2 aromatic rings. The maximum absolute atomic E-state index is 13.3. The number of methoxy groups -OCH3 is 1. The number of hydrogen-bond donors (Lipinski definition) is 0. The van der Waals surface area contributed by atoms with Gasteiger partial charge in [0.15, 0.2) is 0 Å². The highest BCUT2D eigenvalue weighted by atomic mass is 16.5. The van der Waals surface area contributed by atoms with Crippen molar-refractivity contribution in [1.29, 1.82) is 0 Å². The number of hydrogen-bond acceptors (Lipinski definition) is 7. The molecule has 0 saturated carbocycles. The molecule has 1 fully saturated rings. The summed E-state index contributed by atoms with van der Waals surface area (Å²) in [6, 6.07) is 9.82. The minimum atomic E-state index is -0.0383. The zero-order valence-corrected chi connectivity index (χ0v) is 18.3. The van der Waals surface area contributed by atoms with Crippen LogP contribution in [0.15, 0.2) is 30.3 Å². The van der Waals surface area contributed by atoms with Crippen molar-refractivity contribution in [2.45, 2.75) is 13.3 Å². The highest BCUT2D eigenvalue weighted by molar-refractivity contribution is 5.93. The summed E-state index contributed by atoms with van der Waals surface area (Å²) in [6.45, 7) is 6.01. The van der Waals surface area contributed by atoms with Crippen molar-refractivity contribution in [2.24, 2.45) is 0 Å². The van der Waals surface area contributed by atoms with Crippen molar-refractivity contribution in [3.63, 3.8) is 0 Å². The number of morpholine rings is 1. The molecular formula is C22H31N5O3. The Kier molecular flexibility index (Phi) is 7.59. The van der Waals surface area contributed by atoms with E-state index in [1.807, 2.05) is 56.3 Å². The van der Waals surface area contributed by atoms with Gasteiger partial charge in [0.1, 0.15) is 5.82 Å². The van der Waals surface area contributed by atoms with Crippen molar-refractivity contribution in [1.82, 2.24) is 14.9 Å². The van der Waals surface area contributed by atoms with Crippen LogP contribution in [0.2, 0.25) is 0 Å². The molecule has 1 saturated heterocycles. The minimum Gasteiger partial charge on any atom is -0.481 e. The van der Waals surface area contributed by atoms with E-state index in [4.69, 9.17) is 14.5 Å². The number of benzene rings is 1. The Bertz CT molecular complexity index is 852. The summed E-state index contributed by atoms with van der Waals surface area (Å²) < 4.78 is 10.9. The van der Waals surface area contributed by atoms with Gasteiger partial charge in [0.25, 0.3) is 0 Å². The van der Waals surface area contributed by atoms with E-state index in [0.29, 0.717) is 44.6 Å². The van der Waals surface area contributed by atoms with Gasteiger partial charge in [-0.1, -0.05) is 29.8 Å². The average Bonchev–Trinajstić information content (AvgIpc) is 2.74. The van der Waals surface area contributed by atoms with Crippen LogP contribution in [-0.2, 0) is 16.0 Å². The Morgan fingerprint density at radius 1 is 1.17 bits per heavy atom. The molecule has 8 heteroatoms. The second-order valence-corrected chi connectivity index (χ2v) is 7.68. The smallest absolute Gasteiger partial charge is 0.237 e. The first-order chi connectivity index (χ1) is 14.5. The number of aromatic nitrogens is 2. The number of ether oxygens (including phenoxy) is 2. The van der Waals surface area contributed by atoms with E-state index in [-0.39, 0.29) is 5.91 Å². The molecule has 3 rings (SSSR count). The summed E-state index contributed by atoms with van der Waals surface area (Å²) in [7, 11) is 5.54. The lowest BCUT2D eigenvalue weighted by Gasteiger charge is -2.29. The summed E-state index contributed by atoms with van der Waals surface area (Å²) in [5.41, 5.74) is 2.11. The van der Waals surface area contributed by atoms with Gasteiger partial charge >= 0.3 is 0 Å². The third-order valence-electron chi connectivity index (χ3n) is 4.97. The Hall–Kier alpha value is -2.71. The van der Waals surface area contributed by atoms with E-state index in [1.54, 1.807) is 12.0 Å². The van der Waals surface area contributed by atoms with E-state index >= 15 is 0 Å². The number of rotatable bonds is 8. The lowest BCUT2D eigenvalue weighted by Crippen LogP contribution is -2.40. The van der Waals surface area contributed by atoms with E-state index in [0.717, 1.165) is 30.0 Å². The minimum absolute atomic E-state index is 0.0383. The largest absolute Gasteiger partial charge is 0.481 e. The fourth-order valence-electron chi connectivity index (χ4n) is 3.31. The quantitative estimate of drug-likeness (QED) is 0.653. The van der Waals surface area contributed by atoms with E-state index in [9.17, 15) is 4.79 Å². The molecule has 0 unspecified atom stereocenters. The number of nitrogens with zero attached hydrogens (tertiary/aromatic N) is 5. The van der Waals surface area contributed by atoms with Gasteiger partial charge in [-0.15, -0.1) is 0 Å². The number of likely N-dealkylation sites (N-methyl/N-ethyl adjacent to an activating group) is 1. The van der Waals surface area contributed by atoms with Gasteiger partial charge in [-0.2, -0.15) is 9.97 Å². The molecule has 30 heavy (non-hydrogen) atoms. The second-order valence-electron chi connectivity index (χ2n) is 7.68. The molecule has 0 aliphatic carbocycles. The third-order valence-corrected chi connectivity index (χ3v) is 4.97. The number of aryl methyl sites for hydroxylation is 1. The third kappa shape index (κ3) is 5.90. The van der Waals surface area contributed by atoms with Crippen LogP contribution in [0.3, 0.4) is 0 Å². The standard InChI is InChI=1S/C22H31N5O3/c1-17-6-5-7-18(14-17)15-21(28)27(9-8-25(2)3)22-23-19(16-20(24-22)29-4)26-10-12-30-13-11-26/h5-7,14,16H,8-13,15H2,1-4H3. The van der Waals surface area contributed by atoms with Crippen LogP contribution >= 0.6 is 0 Å². The molecule has 162 valence electrons. The summed E-state index contributed by atoms with van der Waals surface area (Å²) in [5.74, 6) is 1.53. The monoisotopic (exact) mass is 413 g/mol. The Morgan fingerprint density at radius 2 is 1.93 bits per heavy atom. The molecular weight excluding hydrogens is 382 g/mol. The van der Waals surface area contributed by atoms with Gasteiger partial charge in [-0.05, 0) is 26.6 Å². The van der Waals surface area contributed by atoms with Crippen LogP contribution in [0, 0.1) is 6.92 Å². The fraction of sp³-hybridized carbons (Fsp3) is 0.500. The Balaban J connectivity index is 1.90. The summed E-state index contributed by atoms with van der Waals surface area (Å²) in [6.07, 6.45) is 0.294. The summed E-state index contributed by atoms with van der Waals surface area (Å²) >= 11 is 0. The van der Waals surface area contributed by atoms with Crippen LogP contribution < -0.4 is 14.5 Å². The average molecular weight is 414 g/mol. The molecule has 0 bridgehead atoms. The van der Waals surface area contributed by atoms with Crippen LogP contribution in [0.25, 0.3) is 0 Å². The zero-order chi connectivity index (χ0) is 21.5. The molecule has 2 heterocycles. The number of anilines is 2. The van der Waals surface area contributed by atoms with Gasteiger partial charge in [0, 0.05) is 32.2 Å². The van der Waals surface area contributed by atoms with Crippen molar-refractivity contribution >= 4 is 17.7 Å². The van der Waals surface area contributed by atoms with Crippen LogP contribution in [0.5, 0.6) is 5.88 Å². The number of amides is 1. The van der Waals surface area contributed by atoms with Crippen molar-refractivity contribution in [3.05, 3.63) is 41.5 Å². The molecule has 1 aliphatic rings. The van der Waals surface area contributed by atoms with E-state index in [2.05, 4.69) is 9.88 Å². The number of carbonyl (C=O) groups is 1. The molecule has 0 atom stereocenters. The van der Waals surface area contributed by atoms with Gasteiger partial charge in [0.2, 0.25) is 17.7 Å². The number of carbonyl (C=O) groups excluding carboxylic acids is 1. The first-order valence-corrected chi connectivity index (χ1v) is 10.2. The lowest BCUT2D eigenvalue weighted by atomic mass is 10.1. The molecule has 8 nitrogen and oxygen atoms in total. The molecule has 1 aromatic carbocycles. The normalized spacial score (nSPS) is 14.1. The Labute approximate surface area is 178 Å². The van der Waals surface area contributed by atoms with Crippen LogP contribution in [-0.4, -0.2) is 81.4 Å². The molecule has 0 radical (unpaired) electrons. The lowest BCUT2D eigenvalue weighted by molar-refractivity contribution is -0.118. The first-order valence-electron chi connectivity index (χ1n) is 10.2. The van der Waals surface area contributed by atoms with Crippen molar-refractivity contribution < 1.29 is 14.3 Å². The van der Waals surface area contributed by atoms with Gasteiger partial charge in [0.05, 0.1) is 26.7 Å². The highest BCUT2D eigenvalue weighted by Crippen LogP contribution is 2.23. The fourth-order valence-corrected chi connectivity index (χ4v) is 3.31. The van der Waals surface area contributed by atoms with E-state index in [1.165, 1.54) is 0 Å². The van der Waals surface area contributed by atoms with Crippen molar-refractivity contribution in [3.8, 4) is 5.88 Å². The molecule has 1 aromatic heterocycles. The van der Waals surface area contributed by atoms with Crippen LogP contribution in [0.4, 0.5) is 11.8 Å². The topological polar surface area (TPSA) is 71.0 Å². The van der Waals surface area contributed by atoms with E-state index < -0.39 is 0 Å². The SMILES string of the molecule is COc1cc(N2CCOCC2)nc(N(CCN(C)C)C(=O)Cc2cccc(C)c2)n1. The Morgan fingerprint density at radius 3 is 2.60 bits per heavy atom. The molecule has 0 N–H and O–H groups in total. The van der Waals surface area contributed by atoms with Gasteiger partial charge < -0.3 is 19.3 Å². The first kappa shape index (κ1) is 22.0. The molecule has 0 spiro atoms. The maximum Gasteiger partial charge on any atom is 0.237 e. The highest BCUT2D eigenvalue weighted by Gasteiger charge is 2.23. The maximum atomic E-state index is 13.3. The van der Waals surface area contributed by atoms with Crippen molar-refractivity contribution in [2.75, 3.05) is 70.4 Å². The molecule has 1 aliphatic heterocycles. The zero-order valence-electron chi connectivity index (χ0n) is 18.3. The predicted molar refractivity (Wildman–Crippen MR) is 117 cm³/mol. The predicted octanol–water partition coefficient (Wildman–Crippen LogP) is 1.77. The van der Waals surface area contributed by atoms with Gasteiger partial charge in [-0.25, -0.2) is 0 Å². The molecule has 1 amide bonds. The second kappa shape index (κ2) is 10.4. The summed E-state index contributed by atoms with van der Waals surface area (Å²) in [4.78, 5) is 28.3. The van der Waals surface area contributed by atoms with Crippen LogP contribution in [0.1, 0.15) is 11.1 Å².